The first-order valence-electron chi connectivity index (χ1n) is 6.29. The van der Waals surface area contributed by atoms with Gasteiger partial charge in [-0.2, -0.15) is 5.10 Å². The normalized spacial score (nSPS) is 11.8. The minimum absolute atomic E-state index is 0.128. The summed E-state index contributed by atoms with van der Waals surface area (Å²) in [5.74, 6) is 0. The fraction of sp³-hybridized carbons (Fsp3) is 0.429. The summed E-state index contributed by atoms with van der Waals surface area (Å²) in [6, 6.07) is 4.17. The Morgan fingerprint density at radius 2 is 2.05 bits per heavy atom. The maximum atomic E-state index is 4.47. The largest absolute Gasteiger partial charge is 0.308 e. The highest BCUT2D eigenvalue weighted by molar-refractivity contribution is 7.99. The molecule has 0 atom stereocenters. The second-order valence-corrected chi connectivity index (χ2v) is 6.65. The van der Waals surface area contributed by atoms with E-state index in [1.165, 1.54) is 5.56 Å². The second-order valence-electron chi connectivity index (χ2n) is 5.56. The third kappa shape index (κ3) is 4.69. The van der Waals surface area contributed by atoms with Crippen LogP contribution in [0.4, 0.5) is 0 Å². The lowest BCUT2D eigenvalue weighted by molar-refractivity contribution is 0.424. The summed E-state index contributed by atoms with van der Waals surface area (Å²) >= 11 is 1.63. The van der Waals surface area contributed by atoms with E-state index in [9.17, 15) is 0 Å². The van der Waals surface area contributed by atoms with Crippen LogP contribution in [0.5, 0.6) is 0 Å². The molecule has 0 saturated heterocycles. The third-order valence-electron chi connectivity index (χ3n) is 2.52. The number of pyridine rings is 1. The molecule has 2 aromatic rings. The lowest BCUT2D eigenvalue weighted by atomic mass is 10.1. The molecule has 0 aliphatic carbocycles. The first-order chi connectivity index (χ1) is 8.92. The van der Waals surface area contributed by atoms with E-state index >= 15 is 0 Å². The molecular formula is C14H20N4S. The summed E-state index contributed by atoms with van der Waals surface area (Å²) in [7, 11) is 1.92. The molecule has 4 nitrogen and oxygen atoms in total. The Kier molecular flexibility index (Phi) is 4.27. The Bertz CT molecular complexity index is 525. The van der Waals surface area contributed by atoms with Gasteiger partial charge in [0.1, 0.15) is 5.03 Å². The van der Waals surface area contributed by atoms with Crippen molar-refractivity contribution >= 4 is 11.8 Å². The van der Waals surface area contributed by atoms with Crippen molar-refractivity contribution in [2.45, 2.75) is 42.8 Å². The summed E-state index contributed by atoms with van der Waals surface area (Å²) < 4.78 is 1.80. The monoisotopic (exact) mass is 276 g/mol. The molecule has 102 valence electrons. The van der Waals surface area contributed by atoms with Crippen LogP contribution in [0, 0.1) is 0 Å². The number of rotatable bonds is 4. The smallest absolute Gasteiger partial charge is 0.101 e. The van der Waals surface area contributed by atoms with E-state index in [1.807, 2.05) is 25.6 Å². The minimum atomic E-state index is 0.128. The van der Waals surface area contributed by atoms with Gasteiger partial charge < -0.3 is 5.32 Å². The van der Waals surface area contributed by atoms with E-state index in [2.05, 4.69) is 48.3 Å². The van der Waals surface area contributed by atoms with Gasteiger partial charge in [0.2, 0.25) is 0 Å². The predicted molar refractivity (Wildman–Crippen MR) is 78.2 cm³/mol. The van der Waals surface area contributed by atoms with E-state index in [1.54, 1.807) is 16.4 Å². The summed E-state index contributed by atoms with van der Waals surface area (Å²) in [6.07, 6.45) is 5.76. The highest BCUT2D eigenvalue weighted by atomic mass is 32.2. The molecule has 0 radical (unpaired) electrons. The van der Waals surface area contributed by atoms with Crippen molar-refractivity contribution in [1.82, 2.24) is 20.1 Å². The highest BCUT2D eigenvalue weighted by Gasteiger charge is 2.08. The average Bonchev–Trinajstić information content (AvgIpc) is 2.73. The van der Waals surface area contributed by atoms with Crippen molar-refractivity contribution in [3.63, 3.8) is 0 Å². The van der Waals surface area contributed by atoms with Crippen molar-refractivity contribution in [3.8, 4) is 0 Å². The Morgan fingerprint density at radius 3 is 2.58 bits per heavy atom. The van der Waals surface area contributed by atoms with Gasteiger partial charge in [-0.05, 0) is 32.4 Å². The van der Waals surface area contributed by atoms with Crippen LogP contribution in [-0.4, -0.2) is 20.3 Å². The molecule has 0 saturated carbocycles. The summed E-state index contributed by atoms with van der Waals surface area (Å²) in [6.45, 7) is 7.32. The Hall–Kier alpha value is -1.33. The van der Waals surface area contributed by atoms with E-state index < -0.39 is 0 Å². The summed E-state index contributed by atoms with van der Waals surface area (Å²) in [5.41, 5.74) is 1.33. The molecule has 0 bridgehead atoms. The van der Waals surface area contributed by atoms with Gasteiger partial charge in [0.25, 0.3) is 0 Å². The van der Waals surface area contributed by atoms with Gasteiger partial charge >= 0.3 is 0 Å². The van der Waals surface area contributed by atoms with Crippen molar-refractivity contribution in [3.05, 3.63) is 36.3 Å². The molecule has 0 aliphatic heterocycles. The maximum Gasteiger partial charge on any atom is 0.101 e. The number of nitrogens with zero attached hydrogens (tertiary/aromatic N) is 3. The molecule has 19 heavy (non-hydrogen) atoms. The lowest BCUT2D eigenvalue weighted by Gasteiger charge is -2.20. The zero-order valence-corrected chi connectivity index (χ0v) is 12.7. The standard InChI is InChI=1S/C14H20N4S/c1-14(2,3)16-8-11-5-6-13(15-7-11)19-12-9-17-18(4)10-12/h5-7,9-10,16H,8H2,1-4H3. The molecule has 1 N–H and O–H groups in total. The summed E-state index contributed by atoms with van der Waals surface area (Å²) in [4.78, 5) is 5.58. The van der Waals surface area contributed by atoms with Crippen molar-refractivity contribution in [2.24, 2.45) is 7.05 Å². The van der Waals surface area contributed by atoms with Crippen LogP contribution in [-0.2, 0) is 13.6 Å². The predicted octanol–water partition coefficient (Wildman–Crippen LogP) is 2.85. The van der Waals surface area contributed by atoms with Crippen LogP contribution in [0.2, 0.25) is 0 Å². The maximum absolute atomic E-state index is 4.47. The number of aromatic nitrogens is 3. The second kappa shape index (κ2) is 5.75. The lowest BCUT2D eigenvalue weighted by Crippen LogP contribution is -2.35. The van der Waals surface area contributed by atoms with Crippen LogP contribution >= 0.6 is 11.8 Å². The molecule has 5 heteroatoms. The fourth-order valence-corrected chi connectivity index (χ4v) is 2.30. The van der Waals surface area contributed by atoms with Gasteiger partial charge in [-0.3, -0.25) is 4.68 Å². The van der Waals surface area contributed by atoms with Crippen LogP contribution in [0.25, 0.3) is 0 Å². The van der Waals surface area contributed by atoms with Gasteiger partial charge in [-0.1, -0.05) is 17.8 Å². The van der Waals surface area contributed by atoms with Crippen LogP contribution < -0.4 is 5.32 Å². The number of aryl methyl sites for hydroxylation is 1. The summed E-state index contributed by atoms with van der Waals surface area (Å²) in [5, 5.41) is 8.59. The van der Waals surface area contributed by atoms with Gasteiger partial charge in [-0.15, -0.1) is 0 Å². The average molecular weight is 276 g/mol. The quantitative estimate of drug-likeness (QED) is 0.932. The van der Waals surface area contributed by atoms with Crippen LogP contribution in [0.3, 0.4) is 0 Å². The first-order valence-corrected chi connectivity index (χ1v) is 7.10. The van der Waals surface area contributed by atoms with Crippen LogP contribution in [0.15, 0.2) is 40.6 Å². The van der Waals surface area contributed by atoms with E-state index in [-0.39, 0.29) is 5.54 Å². The zero-order chi connectivity index (χ0) is 13.9. The number of hydrogen-bond donors (Lipinski definition) is 1. The van der Waals surface area contributed by atoms with E-state index in [0.717, 1.165) is 16.5 Å². The van der Waals surface area contributed by atoms with E-state index in [4.69, 9.17) is 0 Å². The molecule has 0 fully saturated rings. The molecular weight excluding hydrogens is 256 g/mol. The van der Waals surface area contributed by atoms with Gasteiger partial charge in [-0.25, -0.2) is 4.98 Å². The zero-order valence-electron chi connectivity index (χ0n) is 11.8. The molecule has 2 aromatic heterocycles. The van der Waals surface area contributed by atoms with Crippen molar-refractivity contribution in [1.29, 1.82) is 0 Å². The molecule has 0 unspecified atom stereocenters. The van der Waals surface area contributed by atoms with Crippen molar-refractivity contribution in [2.75, 3.05) is 0 Å². The molecule has 2 heterocycles. The Balaban J connectivity index is 1.95. The molecule has 0 aliphatic rings. The number of nitrogens with one attached hydrogen (secondary N) is 1. The highest BCUT2D eigenvalue weighted by Crippen LogP contribution is 2.25. The fourth-order valence-electron chi connectivity index (χ4n) is 1.52. The van der Waals surface area contributed by atoms with Gasteiger partial charge in [0, 0.05) is 31.5 Å². The minimum Gasteiger partial charge on any atom is -0.308 e. The Labute approximate surface area is 118 Å². The van der Waals surface area contributed by atoms with Crippen LogP contribution in [0.1, 0.15) is 26.3 Å². The molecule has 0 amide bonds. The topological polar surface area (TPSA) is 42.7 Å². The third-order valence-corrected chi connectivity index (χ3v) is 3.42. The molecule has 0 spiro atoms. The van der Waals surface area contributed by atoms with E-state index in [0.29, 0.717) is 0 Å². The molecule has 0 aromatic carbocycles. The molecule has 2 rings (SSSR count). The number of hydrogen-bond acceptors (Lipinski definition) is 4. The Morgan fingerprint density at radius 1 is 1.26 bits per heavy atom. The first kappa shape index (κ1) is 14.1. The van der Waals surface area contributed by atoms with Gasteiger partial charge in [0.15, 0.2) is 0 Å². The SMILES string of the molecule is Cn1cc(Sc2ccc(CNC(C)(C)C)cn2)cn1. The van der Waals surface area contributed by atoms with Crippen molar-refractivity contribution < 1.29 is 0 Å². The van der Waals surface area contributed by atoms with Gasteiger partial charge in [0.05, 0.1) is 11.1 Å².